The van der Waals surface area contributed by atoms with Crippen LogP contribution in [0.4, 0.5) is 0 Å². The molecule has 0 fully saturated rings. The van der Waals surface area contributed by atoms with Crippen molar-refractivity contribution in [2.75, 3.05) is 0 Å². The number of carboxylic acids is 1. The van der Waals surface area contributed by atoms with Crippen molar-refractivity contribution < 1.29 is 9.90 Å². The smallest absolute Gasteiger partial charge is 0.303 e. The standard InChI is InChI=1S/C20H22N2O3/c1-14(2)9-11-22-12-10-17(18(13-21)20(22)25)16-6-3-15(4-7-16)5-8-19(23)24/h3-4,6-7,10,12,14H,5,8-9,11H2,1-2H3,(H,23,24). The van der Waals surface area contributed by atoms with Gasteiger partial charge in [0.2, 0.25) is 0 Å². The van der Waals surface area contributed by atoms with E-state index in [-0.39, 0.29) is 17.5 Å². The molecule has 25 heavy (non-hydrogen) atoms. The number of hydrogen-bond donors (Lipinski definition) is 1. The van der Waals surface area contributed by atoms with Gasteiger partial charge in [-0.25, -0.2) is 0 Å². The first-order valence-electron chi connectivity index (χ1n) is 8.37. The van der Waals surface area contributed by atoms with Gasteiger partial charge in [0, 0.05) is 24.7 Å². The van der Waals surface area contributed by atoms with Crippen molar-refractivity contribution in [3.8, 4) is 17.2 Å². The maximum absolute atomic E-state index is 12.5. The van der Waals surface area contributed by atoms with E-state index in [4.69, 9.17) is 5.11 Å². The van der Waals surface area contributed by atoms with Gasteiger partial charge in [-0.05, 0) is 36.0 Å². The molecule has 2 rings (SSSR count). The van der Waals surface area contributed by atoms with Crippen molar-refractivity contribution in [2.24, 2.45) is 5.92 Å². The molecule has 0 unspecified atom stereocenters. The molecule has 5 nitrogen and oxygen atoms in total. The summed E-state index contributed by atoms with van der Waals surface area (Å²) in [5.41, 5.74) is 2.18. The fraction of sp³-hybridized carbons (Fsp3) is 0.350. The molecule has 0 aliphatic heterocycles. The quantitative estimate of drug-likeness (QED) is 0.838. The molecule has 5 heteroatoms. The summed E-state index contributed by atoms with van der Waals surface area (Å²) >= 11 is 0. The molecular formula is C20H22N2O3. The fourth-order valence-electron chi connectivity index (χ4n) is 2.60. The number of aliphatic carboxylic acids is 1. The summed E-state index contributed by atoms with van der Waals surface area (Å²) in [6, 6.07) is 11.2. The number of rotatable bonds is 7. The van der Waals surface area contributed by atoms with Gasteiger partial charge in [-0.15, -0.1) is 0 Å². The Morgan fingerprint density at radius 2 is 1.92 bits per heavy atom. The molecule has 1 aromatic heterocycles. The van der Waals surface area contributed by atoms with Crippen LogP contribution in [0.5, 0.6) is 0 Å². The van der Waals surface area contributed by atoms with Gasteiger partial charge in [0.15, 0.2) is 0 Å². The first kappa shape index (κ1) is 18.5. The molecule has 0 radical (unpaired) electrons. The van der Waals surface area contributed by atoms with Gasteiger partial charge in [0.1, 0.15) is 11.6 Å². The molecule has 1 aromatic carbocycles. The van der Waals surface area contributed by atoms with Crippen molar-refractivity contribution in [3.05, 3.63) is 58.0 Å². The molecule has 130 valence electrons. The Hall–Kier alpha value is -2.87. The molecular weight excluding hydrogens is 316 g/mol. The normalized spacial score (nSPS) is 10.6. The minimum atomic E-state index is -0.833. The number of benzene rings is 1. The minimum absolute atomic E-state index is 0.0781. The van der Waals surface area contributed by atoms with Gasteiger partial charge < -0.3 is 9.67 Å². The van der Waals surface area contributed by atoms with E-state index in [0.717, 1.165) is 17.5 Å². The number of nitrogens with zero attached hydrogens (tertiary/aromatic N) is 2. The largest absolute Gasteiger partial charge is 0.481 e. The maximum atomic E-state index is 12.5. The van der Waals surface area contributed by atoms with Crippen LogP contribution in [-0.2, 0) is 17.8 Å². The zero-order valence-electron chi connectivity index (χ0n) is 14.5. The average Bonchev–Trinajstić information content (AvgIpc) is 2.59. The third-order valence-electron chi connectivity index (χ3n) is 4.12. The third kappa shape index (κ3) is 4.80. The van der Waals surface area contributed by atoms with Crippen molar-refractivity contribution in [2.45, 2.75) is 39.7 Å². The Labute approximate surface area is 147 Å². The van der Waals surface area contributed by atoms with Gasteiger partial charge in [0.05, 0.1) is 0 Å². The highest BCUT2D eigenvalue weighted by molar-refractivity contribution is 5.70. The Bertz CT molecular complexity index is 843. The number of pyridine rings is 1. The monoisotopic (exact) mass is 338 g/mol. The summed E-state index contributed by atoms with van der Waals surface area (Å²) in [6.45, 7) is 4.78. The number of aromatic nitrogens is 1. The highest BCUT2D eigenvalue weighted by Gasteiger charge is 2.12. The Balaban J connectivity index is 2.30. The summed E-state index contributed by atoms with van der Waals surface area (Å²) in [6.07, 6.45) is 3.15. The molecule has 1 N–H and O–H groups in total. The lowest BCUT2D eigenvalue weighted by Crippen LogP contribution is -2.23. The molecule has 0 saturated carbocycles. The Kier molecular flexibility index (Phi) is 6.13. The summed E-state index contributed by atoms with van der Waals surface area (Å²) < 4.78 is 1.59. The predicted molar refractivity (Wildman–Crippen MR) is 96.3 cm³/mol. The predicted octanol–water partition coefficient (Wildman–Crippen LogP) is 3.45. The number of aryl methyl sites for hydroxylation is 2. The van der Waals surface area contributed by atoms with Crippen LogP contribution in [-0.4, -0.2) is 15.6 Å². The SMILES string of the molecule is CC(C)CCn1ccc(-c2ccc(CCC(=O)O)cc2)c(C#N)c1=O. The van der Waals surface area contributed by atoms with Crippen molar-refractivity contribution in [3.63, 3.8) is 0 Å². The van der Waals surface area contributed by atoms with Gasteiger partial charge in [-0.3, -0.25) is 9.59 Å². The van der Waals surface area contributed by atoms with Crippen LogP contribution in [0.1, 0.15) is 37.8 Å². The lowest BCUT2D eigenvalue weighted by atomic mass is 9.99. The molecule has 0 saturated heterocycles. The fourth-order valence-corrected chi connectivity index (χ4v) is 2.60. The van der Waals surface area contributed by atoms with Gasteiger partial charge in [-0.1, -0.05) is 38.1 Å². The van der Waals surface area contributed by atoms with E-state index in [1.807, 2.05) is 30.3 Å². The number of carbonyl (C=O) groups is 1. The van der Waals surface area contributed by atoms with Crippen molar-refractivity contribution >= 4 is 5.97 Å². The lowest BCUT2D eigenvalue weighted by Gasteiger charge is -2.11. The number of carboxylic acid groups (broad SMARTS) is 1. The molecule has 0 spiro atoms. The average molecular weight is 338 g/mol. The zero-order valence-corrected chi connectivity index (χ0v) is 14.5. The summed E-state index contributed by atoms with van der Waals surface area (Å²) in [7, 11) is 0. The summed E-state index contributed by atoms with van der Waals surface area (Å²) in [5.74, 6) is -0.351. The minimum Gasteiger partial charge on any atom is -0.481 e. The van der Waals surface area contributed by atoms with E-state index in [2.05, 4.69) is 13.8 Å². The second-order valence-electron chi connectivity index (χ2n) is 6.49. The van der Waals surface area contributed by atoms with E-state index >= 15 is 0 Å². The molecule has 0 amide bonds. The number of nitriles is 1. The van der Waals surface area contributed by atoms with Crippen LogP contribution in [0.15, 0.2) is 41.3 Å². The van der Waals surface area contributed by atoms with Gasteiger partial charge >= 0.3 is 5.97 Å². The summed E-state index contributed by atoms with van der Waals surface area (Å²) in [5, 5.41) is 18.2. The van der Waals surface area contributed by atoms with Crippen LogP contribution < -0.4 is 5.56 Å². The second kappa shape index (κ2) is 8.29. The molecule has 1 heterocycles. The van der Waals surface area contributed by atoms with E-state index < -0.39 is 5.97 Å². The van der Waals surface area contributed by atoms with Crippen molar-refractivity contribution in [1.29, 1.82) is 5.26 Å². The van der Waals surface area contributed by atoms with Crippen LogP contribution in [0.25, 0.3) is 11.1 Å². The Morgan fingerprint density at radius 1 is 1.24 bits per heavy atom. The van der Waals surface area contributed by atoms with E-state index in [0.29, 0.717) is 24.4 Å². The van der Waals surface area contributed by atoms with Crippen LogP contribution in [0.3, 0.4) is 0 Å². The van der Waals surface area contributed by atoms with Crippen LogP contribution >= 0.6 is 0 Å². The van der Waals surface area contributed by atoms with E-state index in [1.54, 1.807) is 16.8 Å². The van der Waals surface area contributed by atoms with Gasteiger partial charge in [-0.2, -0.15) is 5.26 Å². The molecule has 0 aliphatic carbocycles. The third-order valence-corrected chi connectivity index (χ3v) is 4.12. The van der Waals surface area contributed by atoms with Crippen LogP contribution in [0.2, 0.25) is 0 Å². The molecule has 2 aromatic rings. The van der Waals surface area contributed by atoms with E-state index in [1.165, 1.54) is 0 Å². The van der Waals surface area contributed by atoms with Gasteiger partial charge in [0.25, 0.3) is 5.56 Å². The second-order valence-corrected chi connectivity index (χ2v) is 6.49. The topological polar surface area (TPSA) is 83.1 Å². The first-order valence-corrected chi connectivity index (χ1v) is 8.37. The highest BCUT2D eigenvalue weighted by Crippen LogP contribution is 2.22. The first-order chi connectivity index (χ1) is 11.9. The van der Waals surface area contributed by atoms with Crippen molar-refractivity contribution in [1.82, 2.24) is 4.57 Å². The number of hydrogen-bond acceptors (Lipinski definition) is 3. The molecule has 0 aliphatic rings. The van der Waals surface area contributed by atoms with E-state index in [9.17, 15) is 14.9 Å². The molecule has 0 bridgehead atoms. The molecule has 0 atom stereocenters. The Morgan fingerprint density at radius 3 is 2.48 bits per heavy atom. The van der Waals surface area contributed by atoms with Crippen LogP contribution in [0, 0.1) is 17.2 Å². The highest BCUT2D eigenvalue weighted by atomic mass is 16.4. The zero-order chi connectivity index (χ0) is 18.4. The lowest BCUT2D eigenvalue weighted by molar-refractivity contribution is -0.136. The summed E-state index contributed by atoms with van der Waals surface area (Å²) in [4.78, 5) is 23.2. The maximum Gasteiger partial charge on any atom is 0.303 e.